The van der Waals surface area contributed by atoms with Gasteiger partial charge in [0.25, 0.3) is 5.52 Å². The van der Waals surface area contributed by atoms with Gasteiger partial charge in [0, 0.05) is 22.0 Å². The molecule has 0 amide bonds. The van der Waals surface area contributed by atoms with Crippen molar-refractivity contribution >= 4 is 33.4 Å². The first-order valence-electron chi connectivity index (χ1n) is 7.25. The molecule has 2 aromatic heterocycles. The third-order valence-electron chi connectivity index (χ3n) is 4.52. The number of rotatable bonds is 0. The van der Waals surface area contributed by atoms with Gasteiger partial charge in [0.15, 0.2) is 0 Å². The van der Waals surface area contributed by atoms with Crippen molar-refractivity contribution in [3.8, 4) is 11.4 Å². The van der Waals surface area contributed by atoms with Crippen LogP contribution in [0.4, 0.5) is 0 Å². The van der Waals surface area contributed by atoms with Gasteiger partial charge in [-0.1, -0.05) is 34.6 Å². The summed E-state index contributed by atoms with van der Waals surface area (Å²) >= 11 is 6.15. The van der Waals surface area contributed by atoms with Crippen LogP contribution in [0, 0.1) is 5.21 Å². The Morgan fingerprint density at radius 2 is 2.00 bits per heavy atom. The predicted octanol–water partition coefficient (Wildman–Crippen LogP) is 3.63. The lowest BCUT2D eigenvalue weighted by Crippen LogP contribution is -2.39. The van der Waals surface area contributed by atoms with Gasteiger partial charge >= 0.3 is 0 Å². The molecule has 4 aromatic rings. The number of halogens is 1. The minimum Gasteiger partial charge on any atom is -0.595 e. The van der Waals surface area contributed by atoms with E-state index in [0.29, 0.717) is 17.1 Å². The van der Waals surface area contributed by atoms with Gasteiger partial charge < -0.3 is 10.2 Å². The van der Waals surface area contributed by atoms with Crippen LogP contribution in [0.1, 0.15) is 5.56 Å². The number of benzene rings is 2. The van der Waals surface area contributed by atoms with Crippen LogP contribution >= 0.6 is 11.6 Å². The van der Waals surface area contributed by atoms with Gasteiger partial charge in [0.05, 0.1) is 17.6 Å². The van der Waals surface area contributed by atoms with Gasteiger partial charge in [0.1, 0.15) is 5.69 Å². The van der Waals surface area contributed by atoms with Crippen LogP contribution in [0.15, 0.2) is 42.5 Å². The van der Waals surface area contributed by atoms with E-state index in [1.807, 2.05) is 18.2 Å². The second-order valence-corrected chi connectivity index (χ2v) is 6.12. The van der Waals surface area contributed by atoms with Crippen LogP contribution in [0.2, 0.25) is 5.02 Å². The van der Waals surface area contributed by atoms with Crippen molar-refractivity contribution in [1.82, 2.24) is 9.67 Å². The minimum atomic E-state index is 0.643. The topological polar surface area (TPSA) is 47.7 Å². The lowest BCUT2D eigenvalue weighted by molar-refractivity contribution is -0.669. The molecule has 108 valence electrons. The fraction of sp³-hybridized carbons (Fsp3) is 0.118. The Hall–Kier alpha value is -2.46. The van der Waals surface area contributed by atoms with Crippen molar-refractivity contribution < 1.29 is 4.85 Å². The molecule has 0 bridgehead atoms. The number of hydrogen-bond donors (Lipinski definition) is 1. The molecule has 5 heteroatoms. The molecule has 1 aliphatic heterocycles. The van der Waals surface area contributed by atoms with Crippen molar-refractivity contribution in [3.63, 3.8) is 0 Å². The van der Waals surface area contributed by atoms with E-state index < -0.39 is 0 Å². The second-order valence-electron chi connectivity index (χ2n) is 5.68. The van der Waals surface area contributed by atoms with Crippen molar-refractivity contribution in [2.45, 2.75) is 13.0 Å². The number of para-hydroxylation sites is 1. The molecule has 0 fully saturated rings. The predicted molar refractivity (Wildman–Crippen MR) is 86.9 cm³/mol. The third-order valence-corrected chi connectivity index (χ3v) is 4.76. The van der Waals surface area contributed by atoms with E-state index in [-0.39, 0.29) is 0 Å². The molecular weight excluding hydrogens is 298 g/mol. The van der Waals surface area contributed by atoms with Crippen molar-refractivity contribution in [2.75, 3.05) is 0 Å². The van der Waals surface area contributed by atoms with Gasteiger partial charge in [-0.2, -0.15) is 0 Å². The monoisotopic (exact) mass is 309 g/mol. The average Bonchev–Trinajstić information content (AvgIpc) is 3.03. The molecule has 22 heavy (non-hydrogen) atoms. The zero-order chi connectivity index (χ0) is 14.8. The lowest BCUT2D eigenvalue weighted by atomic mass is 10.0. The Morgan fingerprint density at radius 3 is 2.91 bits per heavy atom. The van der Waals surface area contributed by atoms with E-state index in [0.717, 1.165) is 33.6 Å². The van der Waals surface area contributed by atoms with Crippen LogP contribution in [-0.2, 0) is 13.0 Å². The zero-order valence-electron chi connectivity index (χ0n) is 11.6. The Balaban J connectivity index is 1.96. The zero-order valence-corrected chi connectivity index (χ0v) is 12.4. The first-order chi connectivity index (χ1) is 10.7. The summed E-state index contributed by atoms with van der Waals surface area (Å²) in [5.41, 5.74) is 5.02. The molecular formula is C17H12ClN3O. The minimum absolute atomic E-state index is 0.643. The van der Waals surface area contributed by atoms with Gasteiger partial charge in [-0.3, -0.25) is 0 Å². The number of H-pyrrole nitrogens is 1. The molecule has 0 radical (unpaired) electrons. The molecule has 1 aliphatic rings. The lowest BCUT2D eigenvalue weighted by Gasteiger charge is -2.13. The normalized spacial score (nSPS) is 13.5. The molecule has 0 atom stereocenters. The highest BCUT2D eigenvalue weighted by molar-refractivity contribution is 6.31. The third kappa shape index (κ3) is 1.40. The summed E-state index contributed by atoms with van der Waals surface area (Å²) in [6.07, 6.45) is 0.851. The number of aromatic nitrogens is 3. The van der Waals surface area contributed by atoms with Crippen LogP contribution in [0.25, 0.3) is 33.2 Å². The Labute approximate surface area is 131 Å². The van der Waals surface area contributed by atoms with Crippen LogP contribution in [0.5, 0.6) is 0 Å². The molecule has 0 saturated carbocycles. The highest BCUT2D eigenvalue weighted by Crippen LogP contribution is 2.38. The Kier molecular flexibility index (Phi) is 2.23. The van der Waals surface area contributed by atoms with Gasteiger partial charge in [-0.15, -0.1) is 4.68 Å². The fourth-order valence-electron chi connectivity index (χ4n) is 3.57. The van der Waals surface area contributed by atoms with Crippen LogP contribution < -0.4 is 4.85 Å². The smallest absolute Gasteiger partial charge is 0.252 e. The SMILES string of the molecule is [O-][n+]1c2ccc(Cl)cc2c2n1CCc1c-2[nH]c2ccccc12. The molecule has 0 aliphatic carbocycles. The van der Waals surface area contributed by atoms with E-state index in [1.54, 1.807) is 16.8 Å². The summed E-state index contributed by atoms with van der Waals surface area (Å²) < 4.78 is 1.79. The molecule has 0 unspecified atom stereocenters. The maximum atomic E-state index is 12.5. The molecule has 4 nitrogen and oxygen atoms in total. The number of fused-ring (bicyclic) bond motifs is 7. The first kappa shape index (κ1) is 12.1. The van der Waals surface area contributed by atoms with Gasteiger partial charge in [-0.05, 0) is 30.2 Å². The standard InChI is InChI=1S/C17H12ClN3O/c18-10-5-6-15-13(9-10)17-16-12(7-8-20(17)21(15)22)11-3-1-2-4-14(11)19-16/h1-6,9,19H,7-8H2. The second kappa shape index (κ2) is 4.05. The number of nitrogens with zero attached hydrogens (tertiary/aromatic N) is 2. The van der Waals surface area contributed by atoms with Crippen molar-refractivity contribution in [3.05, 3.63) is 58.3 Å². The van der Waals surface area contributed by atoms with Crippen molar-refractivity contribution in [1.29, 1.82) is 0 Å². The van der Waals surface area contributed by atoms with Gasteiger partial charge in [0.2, 0.25) is 0 Å². The van der Waals surface area contributed by atoms with Gasteiger partial charge in [-0.25, -0.2) is 0 Å². The quantitative estimate of drug-likeness (QED) is 0.391. The molecule has 1 N–H and O–H groups in total. The van der Waals surface area contributed by atoms with E-state index in [2.05, 4.69) is 17.1 Å². The van der Waals surface area contributed by atoms with E-state index in [9.17, 15) is 5.21 Å². The molecule has 0 spiro atoms. The van der Waals surface area contributed by atoms with Crippen LogP contribution in [-0.4, -0.2) is 9.67 Å². The maximum Gasteiger partial charge on any atom is 0.252 e. The highest BCUT2D eigenvalue weighted by Gasteiger charge is 2.29. The summed E-state index contributed by atoms with van der Waals surface area (Å²) in [6, 6.07) is 13.7. The number of nitrogens with one attached hydrogen (secondary N) is 1. The number of aryl methyl sites for hydroxylation is 1. The molecule has 0 saturated heterocycles. The van der Waals surface area contributed by atoms with E-state index in [1.165, 1.54) is 10.9 Å². The molecule has 2 aromatic carbocycles. The Morgan fingerprint density at radius 1 is 1.14 bits per heavy atom. The number of aromatic amines is 1. The summed E-state index contributed by atoms with van der Waals surface area (Å²) in [5.74, 6) is 0. The van der Waals surface area contributed by atoms with E-state index in [4.69, 9.17) is 11.6 Å². The van der Waals surface area contributed by atoms with Crippen LogP contribution in [0.3, 0.4) is 0 Å². The summed E-state index contributed by atoms with van der Waals surface area (Å²) in [7, 11) is 0. The highest BCUT2D eigenvalue weighted by atomic mass is 35.5. The Bertz CT molecular complexity index is 1060. The first-order valence-corrected chi connectivity index (χ1v) is 7.63. The summed E-state index contributed by atoms with van der Waals surface area (Å²) in [5, 5.41) is 15.3. The number of hydrogen-bond acceptors (Lipinski definition) is 1. The van der Waals surface area contributed by atoms with E-state index >= 15 is 0 Å². The summed E-state index contributed by atoms with van der Waals surface area (Å²) in [4.78, 5) is 4.46. The maximum absolute atomic E-state index is 12.5. The molecule has 5 rings (SSSR count). The summed E-state index contributed by atoms with van der Waals surface area (Å²) in [6.45, 7) is 0.681. The largest absolute Gasteiger partial charge is 0.595 e. The average molecular weight is 310 g/mol. The fourth-order valence-corrected chi connectivity index (χ4v) is 3.74. The van der Waals surface area contributed by atoms with Crippen molar-refractivity contribution in [2.24, 2.45) is 0 Å². The molecule has 3 heterocycles.